The molecule has 0 saturated carbocycles. The Morgan fingerprint density at radius 2 is 2.26 bits per heavy atom. The van der Waals surface area contributed by atoms with Gasteiger partial charge in [-0.05, 0) is 44.5 Å². The molecule has 0 aliphatic carbocycles. The largest absolute Gasteiger partial charge is 0.488 e. The van der Waals surface area contributed by atoms with Gasteiger partial charge < -0.3 is 14.8 Å². The van der Waals surface area contributed by atoms with Crippen LogP contribution in [0, 0.1) is 0 Å². The SMILES string of the molecule is CCOC(C)(C)CNCC1Cc2cc(Br)ccc2O1. The highest BCUT2D eigenvalue weighted by Gasteiger charge is 2.24. The molecule has 1 aliphatic rings. The Morgan fingerprint density at radius 1 is 1.47 bits per heavy atom. The maximum absolute atomic E-state index is 5.91. The highest BCUT2D eigenvalue weighted by Crippen LogP contribution is 2.30. The van der Waals surface area contributed by atoms with E-state index >= 15 is 0 Å². The summed E-state index contributed by atoms with van der Waals surface area (Å²) >= 11 is 3.49. The molecule has 1 heterocycles. The van der Waals surface area contributed by atoms with Gasteiger partial charge in [-0.3, -0.25) is 0 Å². The van der Waals surface area contributed by atoms with Crippen LogP contribution in [0.1, 0.15) is 26.3 Å². The maximum Gasteiger partial charge on any atom is 0.123 e. The first-order chi connectivity index (χ1) is 9.00. The van der Waals surface area contributed by atoms with E-state index in [0.29, 0.717) is 0 Å². The lowest BCUT2D eigenvalue weighted by molar-refractivity contribution is -0.00980. The summed E-state index contributed by atoms with van der Waals surface area (Å²) in [6.45, 7) is 8.66. The van der Waals surface area contributed by atoms with Crippen LogP contribution in [0.25, 0.3) is 0 Å². The first kappa shape index (κ1) is 14.8. The van der Waals surface area contributed by atoms with Crippen molar-refractivity contribution in [3.05, 3.63) is 28.2 Å². The smallest absolute Gasteiger partial charge is 0.123 e. The van der Waals surface area contributed by atoms with Crippen molar-refractivity contribution in [2.24, 2.45) is 0 Å². The van der Waals surface area contributed by atoms with E-state index in [1.807, 2.05) is 19.1 Å². The summed E-state index contributed by atoms with van der Waals surface area (Å²) in [5.41, 5.74) is 1.16. The Kier molecular flexibility index (Phi) is 4.87. The fraction of sp³-hybridized carbons (Fsp3) is 0.600. The molecule has 1 atom stereocenters. The van der Waals surface area contributed by atoms with Crippen LogP contribution in [-0.4, -0.2) is 31.4 Å². The molecule has 0 saturated heterocycles. The summed E-state index contributed by atoms with van der Waals surface area (Å²) < 4.78 is 12.7. The second-order valence-corrected chi connectivity index (χ2v) is 6.44. The van der Waals surface area contributed by atoms with Gasteiger partial charge in [0.25, 0.3) is 0 Å². The Labute approximate surface area is 123 Å². The molecule has 0 bridgehead atoms. The van der Waals surface area contributed by atoms with Crippen LogP contribution in [0.2, 0.25) is 0 Å². The van der Waals surface area contributed by atoms with Gasteiger partial charge in [-0.1, -0.05) is 15.9 Å². The Bertz CT molecular complexity index is 434. The molecule has 0 radical (unpaired) electrons. The van der Waals surface area contributed by atoms with Crippen molar-refractivity contribution in [2.45, 2.75) is 38.9 Å². The summed E-state index contributed by atoms with van der Waals surface area (Å²) in [6.07, 6.45) is 1.19. The van der Waals surface area contributed by atoms with Crippen LogP contribution in [-0.2, 0) is 11.2 Å². The minimum absolute atomic E-state index is 0.122. The summed E-state index contributed by atoms with van der Waals surface area (Å²) in [7, 11) is 0. The molecular formula is C15H22BrNO2. The molecule has 1 aromatic carbocycles. The molecular weight excluding hydrogens is 306 g/mol. The third-order valence-electron chi connectivity index (χ3n) is 3.22. The summed E-state index contributed by atoms with van der Waals surface area (Å²) in [5.74, 6) is 1.01. The molecule has 0 aromatic heterocycles. The highest BCUT2D eigenvalue weighted by molar-refractivity contribution is 9.10. The molecule has 1 aromatic rings. The molecule has 1 N–H and O–H groups in total. The third-order valence-corrected chi connectivity index (χ3v) is 3.71. The zero-order chi connectivity index (χ0) is 13.9. The molecule has 106 valence electrons. The van der Waals surface area contributed by atoms with Gasteiger partial charge in [0.1, 0.15) is 11.9 Å². The number of fused-ring (bicyclic) bond motifs is 1. The quantitative estimate of drug-likeness (QED) is 0.870. The van der Waals surface area contributed by atoms with Crippen LogP contribution >= 0.6 is 15.9 Å². The number of ether oxygens (including phenoxy) is 2. The van der Waals surface area contributed by atoms with Gasteiger partial charge in [-0.15, -0.1) is 0 Å². The number of nitrogens with one attached hydrogen (secondary N) is 1. The fourth-order valence-corrected chi connectivity index (χ4v) is 2.79. The van der Waals surface area contributed by atoms with E-state index in [1.165, 1.54) is 5.56 Å². The van der Waals surface area contributed by atoms with E-state index in [1.54, 1.807) is 0 Å². The number of benzene rings is 1. The Morgan fingerprint density at radius 3 is 3.00 bits per heavy atom. The van der Waals surface area contributed by atoms with Crippen LogP contribution in [0.3, 0.4) is 0 Å². The standard InChI is InChI=1S/C15H22BrNO2/c1-4-18-15(2,3)10-17-9-13-8-11-7-12(16)5-6-14(11)19-13/h5-7,13,17H,4,8-10H2,1-3H3. The Balaban J connectivity index is 1.78. The monoisotopic (exact) mass is 327 g/mol. The van der Waals surface area contributed by atoms with Crippen LogP contribution in [0.4, 0.5) is 0 Å². The summed E-state index contributed by atoms with van der Waals surface area (Å²) in [4.78, 5) is 0. The number of rotatable bonds is 6. The summed E-state index contributed by atoms with van der Waals surface area (Å²) in [6, 6.07) is 6.19. The topological polar surface area (TPSA) is 30.5 Å². The Hall–Kier alpha value is -0.580. The normalized spacial score (nSPS) is 18.2. The molecule has 0 fully saturated rings. The molecule has 2 rings (SSSR count). The molecule has 1 unspecified atom stereocenters. The fourth-order valence-electron chi connectivity index (χ4n) is 2.38. The van der Waals surface area contributed by atoms with Crippen molar-refractivity contribution in [1.29, 1.82) is 0 Å². The minimum Gasteiger partial charge on any atom is -0.488 e. The molecule has 0 amide bonds. The van der Waals surface area contributed by atoms with E-state index in [4.69, 9.17) is 9.47 Å². The van der Waals surface area contributed by atoms with Crippen molar-refractivity contribution in [2.75, 3.05) is 19.7 Å². The third kappa shape index (κ3) is 4.20. The average Bonchev–Trinajstić information content (AvgIpc) is 2.70. The van der Waals surface area contributed by atoms with Gasteiger partial charge in [0.15, 0.2) is 0 Å². The van der Waals surface area contributed by atoms with Crippen molar-refractivity contribution in [3.8, 4) is 5.75 Å². The lowest BCUT2D eigenvalue weighted by Gasteiger charge is -2.25. The van der Waals surface area contributed by atoms with E-state index in [9.17, 15) is 0 Å². The van der Waals surface area contributed by atoms with Gasteiger partial charge in [0.2, 0.25) is 0 Å². The lowest BCUT2D eigenvalue weighted by atomic mass is 10.1. The molecule has 0 spiro atoms. The van der Waals surface area contributed by atoms with E-state index in [-0.39, 0.29) is 11.7 Å². The number of halogens is 1. The second kappa shape index (κ2) is 6.25. The predicted molar refractivity (Wildman–Crippen MR) is 80.8 cm³/mol. The van der Waals surface area contributed by atoms with E-state index in [2.05, 4.69) is 41.2 Å². The highest BCUT2D eigenvalue weighted by atomic mass is 79.9. The van der Waals surface area contributed by atoms with Crippen molar-refractivity contribution in [1.82, 2.24) is 5.32 Å². The predicted octanol–water partition coefficient (Wildman–Crippen LogP) is 3.16. The second-order valence-electron chi connectivity index (χ2n) is 5.52. The van der Waals surface area contributed by atoms with Gasteiger partial charge in [-0.25, -0.2) is 0 Å². The van der Waals surface area contributed by atoms with Crippen molar-refractivity contribution in [3.63, 3.8) is 0 Å². The van der Waals surface area contributed by atoms with Gasteiger partial charge in [0, 0.05) is 30.6 Å². The van der Waals surface area contributed by atoms with Gasteiger partial charge >= 0.3 is 0 Å². The number of hydrogen-bond donors (Lipinski definition) is 1. The van der Waals surface area contributed by atoms with Crippen molar-refractivity contribution >= 4 is 15.9 Å². The van der Waals surface area contributed by atoms with Gasteiger partial charge in [-0.2, -0.15) is 0 Å². The first-order valence-electron chi connectivity index (χ1n) is 6.80. The average molecular weight is 328 g/mol. The van der Waals surface area contributed by atoms with Crippen LogP contribution in [0.15, 0.2) is 22.7 Å². The first-order valence-corrected chi connectivity index (χ1v) is 7.59. The molecule has 19 heavy (non-hydrogen) atoms. The number of hydrogen-bond acceptors (Lipinski definition) is 3. The van der Waals surface area contributed by atoms with Crippen molar-refractivity contribution < 1.29 is 9.47 Å². The van der Waals surface area contributed by atoms with Gasteiger partial charge in [0.05, 0.1) is 5.60 Å². The van der Waals surface area contributed by atoms with E-state index in [0.717, 1.165) is 36.3 Å². The molecule has 3 nitrogen and oxygen atoms in total. The maximum atomic E-state index is 5.91. The molecule has 1 aliphatic heterocycles. The summed E-state index contributed by atoms with van der Waals surface area (Å²) in [5, 5.41) is 3.44. The van der Waals surface area contributed by atoms with Crippen LogP contribution in [0.5, 0.6) is 5.75 Å². The molecule has 4 heteroatoms. The zero-order valence-electron chi connectivity index (χ0n) is 11.8. The zero-order valence-corrected chi connectivity index (χ0v) is 13.4. The van der Waals surface area contributed by atoms with Crippen LogP contribution < -0.4 is 10.1 Å². The lowest BCUT2D eigenvalue weighted by Crippen LogP contribution is -2.41. The van der Waals surface area contributed by atoms with E-state index < -0.39 is 0 Å². The minimum atomic E-state index is -0.122.